The van der Waals surface area contributed by atoms with Crippen LogP contribution in [0.5, 0.6) is 0 Å². The summed E-state index contributed by atoms with van der Waals surface area (Å²) in [4.78, 5) is 3.42. The van der Waals surface area contributed by atoms with Crippen LogP contribution in [0.1, 0.15) is 31.7 Å². The largest absolute Gasteiger partial charge is 0.237 e. The molecule has 0 aliphatic carbocycles. The van der Waals surface area contributed by atoms with E-state index >= 15 is 0 Å². The summed E-state index contributed by atoms with van der Waals surface area (Å²) < 4.78 is 0. The molecule has 14 heavy (non-hydrogen) atoms. The highest BCUT2D eigenvalue weighted by atomic mass is 14.6. The average Bonchev–Trinajstić information content (AvgIpc) is 2.25. The molecular weight excluding hydrogens is 170 g/mol. The third kappa shape index (κ3) is 2.96. The zero-order chi connectivity index (χ0) is 10.2. The summed E-state index contributed by atoms with van der Waals surface area (Å²) in [6.45, 7) is 9.11. The van der Waals surface area contributed by atoms with Crippen LogP contribution in [-0.4, -0.2) is 0 Å². The lowest BCUT2D eigenvalue weighted by Gasteiger charge is -1.92. The maximum absolute atomic E-state index is 6.96. The molecule has 0 amide bonds. The number of benzene rings is 1. The smallest absolute Gasteiger partial charge is 0.202 e. The van der Waals surface area contributed by atoms with Crippen molar-refractivity contribution in [2.45, 2.75) is 26.2 Å². The fourth-order valence-electron chi connectivity index (χ4n) is 1.10. The molecule has 70 valence electrons. The van der Waals surface area contributed by atoms with Crippen LogP contribution in [0.25, 0.3) is 4.85 Å². The molecule has 1 aromatic carbocycles. The van der Waals surface area contributed by atoms with Gasteiger partial charge >= 0.3 is 0 Å². The minimum Gasteiger partial charge on any atom is -0.237 e. The highest BCUT2D eigenvalue weighted by Gasteiger charge is 1.94. The van der Waals surface area contributed by atoms with Crippen LogP contribution >= 0.6 is 0 Å². The van der Waals surface area contributed by atoms with Gasteiger partial charge in [-0.1, -0.05) is 49.5 Å². The summed E-state index contributed by atoms with van der Waals surface area (Å²) in [5, 5.41) is 0. The Morgan fingerprint density at radius 2 is 2.14 bits per heavy atom. The Labute approximate surface area is 85.6 Å². The molecule has 1 heteroatoms. The molecule has 0 atom stereocenters. The molecule has 0 aliphatic rings. The van der Waals surface area contributed by atoms with Crippen molar-refractivity contribution < 1.29 is 0 Å². The Hall–Kier alpha value is -1.73. The van der Waals surface area contributed by atoms with Gasteiger partial charge in [0.15, 0.2) is 0 Å². The Bertz CT molecular complexity index is 388. The van der Waals surface area contributed by atoms with Crippen LogP contribution < -0.4 is 0 Å². The summed E-state index contributed by atoms with van der Waals surface area (Å²) in [5.74, 6) is 6.12. The first-order valence-corrected chi connectivity index (χ1v) is 4.84. The van der Waals surface area contributed by atoms with E-state index < -0.39 is 0 Å². The Kier molecular flexibility index (Phi) is 4.32. The number of rotatable bonds is 2. The van der Waals surface area contributed by atoms with E-state index in [2.05, 4.69) is 23.6 Å². The van der Waals surface area contributed by atoms with Crippen LogP contribution in [-0.2, 0) is 0 Å². The fourth-order valence-corrected chi connectivity index (χ4v) is 1.10. The maximum Gasteiger partial charge on any atom is 0.202 e. The molecule has 0 N–H and O–H groups in total. The molecule has 0 unspecified atom stereocenters. The lowest BCUT2D eigenvalue weighted by atomic mass is 10.1. The van der Waals surface area contributed by atoms with Crippen molar-refractivity contribution in [1.29, 1.82) is 0 Å². The van der Waals surface area contributed by atoms with Gasteiger partial charge in [0.05, 0.1) is 6.57 Å². The van der Waals surface area contributed by atoms with Gasteiger partial charge in [-0.15, -0.1) is 0 Å². The van der Waals surface area contributed by atoms with E-state index in [0.29, 0.717) is 5.69 Å². The predicted octanol–water partition coefficient (Wildman–Crippen LogP) is 3.78. The van der Waals surface area contributed by atoms with Crippen LogP contribution in [0, 0.1) is 18.4 Å². The van der Waals surface area contributed by atoms with Crippen LogP contribution in [0.3, 0.4) is 0 Å². The lowest BCUT2D eigenvalue weighted by molar-refractivity contribution is 0.828. The van der Waals surface area contributed by atoms with Crippen molar-refractivity contribution in [2.75, 3.05) is 0 Å². The van der Waals surface area contributed by atoms with Crippen molar-refractivity contribution in [3.8, 4) is 11.8 Å². The van der Waals surface area contributed by atoms with Crippen molar-refractivity contribution in [2.24, 2.45) is 0 Å². The molecule has 0 fully saturated rings. The first-order valence-electron chi connectivity index (χ1n) is 4.84. The first kappa shape index (κ1) is 10.4. The van der Waals surface area contributed by atoms with Gasteiger partial charge in [-0.25, -0.2) is 4.85 Å². The van der Waals surface area contributed by atoms with E-state index in [-0.39, 0.29) is 0 Å². The zero-order valence-electron chi connectivity index (χ0n) is 8.38. The molecule has 0 aliphatic heterocycles. The van der Waals surface area contributed by atoms with E-state index in [0.717, 1.165) is 18.4 Å². The fraction of sp³-hybridized carbons (Fsp3) is 0.308. The van der Waals surface area contributed by atoms with E-state index in [4.69, 9.17) is 6.57 Å². The highest BCUT2D eigenvalue weighted by Crippen LogP contribution is 2.16. The molecule has 0 heterocycles. The van der Waals surface area contributed by atoms with Gasteiger partial charge in [-0.3, -0.25) is 0 Å². The van der Waals surface area contributed by atoms with Crippen molar-refractivity contribution in [3.05, 3.63) is 41.2 Å². The lowest BCUT2D eigenvalue weighted by Crippen LogP contribution is -1.74. The van der Waals surface area contributed by atoms with E-state index in [1.165, 1.54) is 6.42 Å². The normalized spacial score (nSPS) is 8.57. The minimum atomic E-state index is 0.650. The number of para-hydroxylation sites is 1. The Balaban J connectivity index is 2.74. The van der Waals surface area contributed by atoms with Gasteiger partial charge in [0.2, 0.25) is 5.69 Å². The van der Waals surface area contributed by atoms with Gasteiger partial charge in [0, 0.05) is 12.0 Å². The molecule has 0 spiro atoms. The highest BCUT2D eigenvalue weighted by molar-refractivity contribution is 5.59. The number of hydrogen-bond acceptors (Lipinski definition) is 0. The molecule has 0 saturated heterocycles. The van der Waals surface area contributed by atoms with Crippen LogP contribution in [0.15, 0.2) is 24.3 Å². The standard InChI is InChI=1S/C13H13N/c1-3-4-5-6-9-12-10-7-8-11-13(12)14-2/h7-8,10-11H,3-5H2,1H3. The summed E-state index contributed by atoms with van der Waals surface area (Å²) >= 11 is 0. The molecule has 1 nitrogen and oxygen atoms in total. The molecule has 0 aromatic heterocycles. The van der Waals surface area contributed by atoms with Crippen molar-refractivity contribution in [1.82, 2.24) is 0 Å². The molecule has 0 radical (unpaired) electrons. The van der Waals surface area contributed by atoms with Gasteiger partial charge in [-0.2, -0.15) is 0 Å². The molecule has 0 saturated carbocycles. The zero-order valence-corrected chi connectivity index (χ0v) is 8.38. The maximum atomic E-state index is 6.96. The number of hydrogen-bond donors (Lipinski definition) is 0. The Morgan fingerprint density at radius 3 is 2.86 bits per heavy atom. The van der Waals surface area contributed by atoms with Gasteiger partial charge < -0.3 is 0 Å². The number of nitrogens with zero attached hydrogens (tertiary/aromatic N) is 1. The third-order valence-electron chi connectivity index (χ3n) is 1.90. The summed E-state index contributed by atoms with van der Waals surface area (Å²) in [5.41, 5.74) is 1.50. The van der Waals surface area contributed by atoms with Crippen LogP contribution in [0.4, 0.5) is 5.69 Å². The molecule has 0 bridgehead atoms. The summed E-state index contributed by atoms with van der Waals surface area (Å²) in [6, 6.07) is 7.48. The quantitative estimate of drug-likeness (QED) is 0.373. The first-order chi connectivity index (χ1) is 6.88. The second-order valence-electron chi connectivity index (χ2n) is 3.03. The molecular formula is C13H13N. The summed E-state index contributed by atoms with van der Waals surface area (Å²) in [6.07, 6.45) is 3.22. The van der Waals surface area contributed by atoms with E-state index in [1.807, 2.05) is 18.2 Å². The second-order valence-corrected chi connectivity index (χ2v) is 3.03. The van der Waals surface area contributed by atoms with Crippen molar-refractivity contribution >= 4 is 5.69 Å². The third-order valence-corrected chi connectivity index (χ3v) is 1.90. The van der Waals surface area contributed by atoms with E-state index in [9.17, 15) is 0 Å². The monoisotopic (exact) mass is 183 g/mol. The van der Waals surface area contributed by atoms with Crippen LogP contribution in [0.2, 0.25) is 0 Å². The van der Waals surface area contributed by atoms with Gasteiger partial charge in [0.25, 0.3) is 0 Å². The Morgan fingerprint density at radius 1 is 1.36 bits per heavy atom. The predicted molar refractivity (Wildman–Crippen MR) is 59.1 cm³/mol. The number of unbranched alkanes of at least 4 members (excludes halogenated alkanes) is 2. The second kappa shape index (κ2) is 5.84. The topological polar surface area (TPSA) is 4.36 Å². The minimum absolute atomic E-state index is 0.650. The van der Waals surface area contributed by atoms with Gasteiger partial charge in [0.1, 0.15) is 0 Å². The SMILES string of the molecule is [C-]#[N+]c1ccccc1C#CCCCC. The van der Waals surface area contributed by atoms with Crippen molar-refractivity contribution in [3.63, 3.8) is 0 Å². The molecule has 1 aromatic rings. The molecule has 1 rings (SSSR count). The summed E-state index contributed by atoms with van der Waals surface area (Å²) in [7, 11) is 0. The average molecular weight is 183 g/mol. The van der Waals surface area contributed by atoms with E-state index in [1.54, 1.807) is 6.07 Å². The van der Waals surface area contributed by atoms with Gasteiger partial charge in [-0.05, 0) is 6.42 Å².